The van der Waals surface area contributed by atoms with E-state index in [1.165, 1.54) is 12.1 Å². The number of phenols is 1. The molecular formula is C12H16O3. The van der Waals surface area contributed by atoms with Gasteiger partial charge in [-0.25, -0.2) is 4.79 Å². The van der Waals surface area contributed by atoms with Gasteiger partial charge in [-0.3, -0.25) is 0 Å². The van der Waals surface area contributed by atoms with Crippen LogP contribution in [0.15, 0.2) is 12.1 Å². The van der Waals surface area contributed by atoms with E-state index in [2.05, 4.69) is 6.92 Å². The van der Waals surface area contributed by atoms with Crippen LogP contribution in [0.4, 0.5) is 0 Å². The van der Waals surface area contributed by atoms with Gasteiger partial charge >= 0.3 is 5.97 Å². The second kappa shape index (κ2) is 4.82. The molecule has 0 aliphatic heterocycles. The highest BCUT2D eigenvalue weighted by Crippen LogP contribution is 2.25. The lowest BCUT2D eigenvalue weighted by Gasteiger charge is -2.10. The van der Waals surface area contributed by atoms with Gasteiger partial charge in [0.25, 0.3) is 0 Å². The molecule has 0 unspecified atom stereocenters. The van der Waals surface area contributed by atoms with Crippen LogP contribution in [0.5, 0.6) is 5.75 Å². The Kier molecular flexibility index (Phi) is 3.72. The summed E-state index contributed by atoms with van der Waals surface area (Å²) < 4.78 is 0. The number of rotatable bonds is 4. The average Bonchev–Trinajstić information content (AvgIpc) is 2.17. The van der Waals surface area contributed by atoms with Crippen molar-refractivity contribution in [2.75, 3.05) is 0 Å². The zero-order valence-electron chi connectivity index (χ0n) is 9.08. The Labute approximate surface area is 89.4 Å². The summed E-state index contributed by atoms with van der Waals surface area (Å²) in [4.78, 5) is 10.9. The molecule has 1 aromatic rings. The summed E-state index contributed by atoms with van der Waals surface area (Å²) in [5, 5.41) is 18.6. The van der Waals surface area contributed by atoms with Gasteiger partial charge in [0.05, 0.1) is 5.56 Å². The lowest BCUT2D eigenvalue weighted by atomic mass is 9.97. The largest absolute Gasteiger partial charge is 0.508 e. The van der Waals surface area contributed by atoms with Gasteiger partial charge in [-0.1, -0.05) is 13.3 Å². The zero-order valence-corrected chi connectivity index (χ0v) is 9.08. The molecule has 0 bridgehead atoms. The van der Waals surface area contributed by atoms with Crippen molar-refractivity contribution in [1.82, 2.24) is 0 Å². The maximum Gasteiger partial charge on any atom is 0.335 e. The fraction of sp³-hybridized carbons (Fsp3) is 0.417. The Morgan fingerprint density at radius 1 is 1.40 bits per heavy atom. The summed E-state index contributed by atoms with van der Waals surface area (Å²) in [6.07, 6.45) is 2.71. The Morgan fingerprint density at radius 3 is 2.60 bits per heavy atom. The quantitative estimate of drug-likeness (QED) is 0.799. The summed E-state index contributed by atoms with van der Waals surface area (Å²) in [6.45, 7) is 3.81. The van der Waals surface area contributed by atoms with Gasteiger partial charge in [0.2, 0.25) is 0 Å². The topological polar surface area (TPSA) is 57.5 Å². The van der Waals surface area contributed by atoms with Crippen molar-refractivity contribution in [1.29, 1.82) is 0 Å². The van der Waals surface area contributed by atoms with Crippen LogP contribution < -0.4 is 0 Å². The molecule has 0 radical (unpaired) electrons. The third-order valence-electron chi connectivity index (χ3n) is 2.58. The number of unbranched alkanes of at least 4 members (excludes halogenated alkanes) is 1. The number of carbonyl (C=O) groups is 1. The zero-order chi connectivity index (χ0) is 11.4. The van der Waals surface area contributed by atoms with E-state index in [4.69, 9.17) is 5.11 Å². The van der Waals surface area contributed by atoms with Crippen molar-refractivity contribution in [2.45, 2.75) is 33.1 Å². The third kappa shape index (κ3) is 2.49. The van der Waals surface area contributed by atoms with E-state index in [0.717, 1.165) is 24.8 Å². The summed E-state index contributed by atoms with van der Waals surface area (Å²) in [5.41, 5.74) is 1.71. The van der Waals surface area contributed by atoms with Gasteiger partial charge in [-0.05, 0) is 43.0 Å². The second-order valence-electron chi connectivity index (χ2n) is 3.64. The lowest BCUT2D eigenvalue weighted by Crippen LogP contribution is -2.03. The van der Waals surface area contributed by atoms with Crippen LogP contribution in [0.25, 0.3) is 0 Å². The molecule has 0 heterocycles. The standard InChI is InChI=1S/C12H16O3/c1-3-4-5-9-8(2)10(12(14)15)6-7-11(9)13/h6-7,13H,3-5H2,1-2H3,(H,14,15). The Bertz CT molecular complexity index is 369. The van der Waals surface area contributed by atoms with E-state index in [9.17, 15) is 9.90 Å². The first-order valence-electron chi connectivity index (χ1n) is 5.12. The Morgan fingerprint density at radius 2 is 2.07 bits per heavy atom. The van der Waals surface area contributed by atoms with E-state index in [-0.39, 0.29) is 11.3 Å². The van der Waals surface area contributed by atoms with Gasteiger partial charge < -0.3 is 10.2 Å². The van der Waals surface area contributed by atoms with Gasteiger partial charge in [0.1, 0.15) is 5.75 Å². The van der Waals surface area contributed by atoms with Gasteiger partial charge in [-0.15, -0.1) is 0 Å². The molecule has 0 saturated carbocycles. The van der Waals surface area contributed by atoms with E-state index >= 15 is 0 Å². The molecule has 0 atom stereocenters. The summed E-state index contributed by atoms with van der Waals surface area (Å²) in [6, 6.07) is 2.91. The fourth-order valence-electron chi connectivity index (χ4n) is 1.64. The first-order chi connectivity index (χ1) is 7.07. The highest BCUT2D eigenvalue weighted by molar-refractivity contribution is 5.90. The number of aromatic hydroxyl groups is 1. The molecular weight excluding hydrogens is 192 g/mol. The van der Waals surface area contributed by atoms with E-state index < -0.39 is 5.97 Å². The molecule has 3 nitrogen and oxygen atoms in total. The highest BCUT2D eigenvalue weighted by Gasteiger charge is 2.13. The molecule has 1 aromatic carbocycles. The summed E-state index contributed by atoms with van der Waals surface area (Å²) in [7, 11) is 0. The third-order valence-corrected chi connectivity index (χ3v) is 2.58. The maximum absolute atomic E-state index is 10.9. The van der Waals surface area contributed by atoms with Gasteiger partial charge in [0.15, 0.2) is 0 Å². The number of hydrogen-bond donors (Lipinski definition) is 2. The van der Waals surface area contributed by atoms with Crippen molar-refractivity contribution in [3.05, 3.63) is 28.8 Å². The molecule has 82 valence electrons. The van der Waals surface area contributed by atoms with Crippen LogP contribution in [-0.4, -0.2) is 16.2 Å². The summed E-state index contributed by atoms with van der Waals surface area (Å²) >= 11 is 0. The van der Waals surface area contributed by atoms with Crippen LogP contribution >= 0.6 is 0 Å². The monoisotopic (exact) mass is 208 g/mol. The maximum atomic E-state index is 10.9. The number of hydrogen-bond acceptors (Lipinski definition) is 2. The van der Waals surface area contributed by atoms with E-state index in [1.807, 2.05) is 0 Å². The Hall–Kier alpha value is -1.51. The van der Waals surface area contributed by atoms with Crippen molar-refractivity contribution in [3.8, 4) is 5.75 Å². The van der Waals surface area contributed by atoms with Gasteiger partial charge in [0, 0.05) is 0 Å². The molecule has 0 fully saturated rings. The minimum atomic E-state index is -0.940. The first kappa shape index (κ1) is 11.6. The van der Waals surface area contributed by atoms with E-state index in [1.54, 1.807) is 6.92 Å². The predicted molar refractivity (Wildman–Crippen MR) is 58.4 cm³/mol. The number of benzene rings is 1. The van der Waals surface area contributed by atoms with Crippen molar-refractivity contribution in [2.24, 2.45) is 0 Å². The average molecular weight is 208 g/mol. The molecule has 3 heteroatoms. The summed E-state index contributed by atoms with van der Waals surface area (Å²) in [5.74, 6) is -0.740. The van der Waals surface area contributed by atoms with Gasteiger partial charge in [-0.2, -0.15) is 0 Å². The van der Waals surface area contributed by atoms with Crippen LogP contribution in [0.3, 0.4) is 0 Å². The first-order valence-corrected chi connectivity index (χ1v) is 5.12. The molecule has 0 aliphatic rings. The van der Waals surface area contributed by atoms with Crippen LogP contribution in [0.2, 0.25) is 0 Å². The molecule has 2 N–H and O–H groups in total. The van der Waals surface area contributed by atoms with E-state index in [0.29, 0.717) is 5.56 Å². The number of carboxylic acid groups (broad SMARTS) is 1. The molecule has 1 rings (SSSR count). The second-order valence-corrected chi connectivity index (χ2v) is 3.64. The number of aromatic carboxylic acids is 1. The SMILES string of the molecule is CCCCc1c(O)ccc(C(=O)O)c1C. The number of phenolic OH excluding ortho intramolecular Hbond substituents is 1. The smallest absolute Gasteiger partial charge is 0.335 e. The molecule has 0 aliphatic carbocycles. The predicted octanol–water partition coefficient (Wildman–Crippen LogP) is 2.74. The van der Waals surface area contributed by atoms with Crippen LogP contribution in [-0.2, 0) is 6.42 Å². The molecule has 0 aromatic heterocycles. The minimum absolute atomic E-state index is 0.200. The van der Waals surface area contributed by atoms with Crippen molar-refractivity contribution >= 4 is 5.97 Å². The molecule has 15 heavy (non-hydrogen) atoms. The van der Waals surface area contributed by atoms with Crippen molar-refractivity contribution < 1.29 is 15.0 Å². The highest BCUT2D eigenvalue weighted by atomic mass is 16.4. The van der Waals surface area contributed by atoms with Crippen molar-refractivity contribution in [3.63, 3.8) is 0 Å². The minimum Gasteiger partial charge on any atom is -0.508 e. The van der Waals surface area contributed by atoms with Crippen LogP contribution in [0.1, 0.15) is 41.3 Å². The molecule has 0 saturated heterocycles. The van der Waals surface area contributed by atoms with Crippen LogP contribution in [0, 0.1) is 6.92 Å². The fourth-order valence-corrected chi connectivity index (χ4v) is 1.64. The molecule has 0 spiro atoms. The normalized spacial score (nSPS) is 10.3. The number of carboxylic acids is 1. The molecule has 0 amide bonds. The lowest BCUT2D eigenvalue weighted by molar-refractivity contribution is 0.0696. The Balaban J connectivity index is 3.12.